The van der Waals surface area contributed by atoms with Gasteiger partial charge in [0.15, 0.2) is 0 Å². The largest absolute Gasteiger partial charge is 0.355 e. The highest BCUT2D eigenvalue weighted by Gasteiger charge is 2.20. The van der Waals surface area contributed by atoms with Gasteiger partial charge in [-0.3, -0.25) is 4.79 Å². The van der Waals surface area contributed by atoms with E-state index >= 15 is 0 Å². The zero-order valence-electron chi connectivity index (χ0n) is 15.2. The van der Waals surface area contributed by atoms with E-state index in [1.807, 2.05) is 24.3 Å². The van der Waals surface area contributed by atoms with Crippen molar-refractivity contribution >= 4 is 27.5 Å². The highest BCUT2D eigenvalue weighted by atomic mass is 35.5. The van der Waals surface area contributed by atoms with Crippen LogP contribution in [0.3, 0.4) is 0 Å². The molecule has 7 heteroatoms. The van der Waals surface area contributed by atoms with Gasteiger partial charge in [0.2, 0.25) is 15.9 Å². The second-order valence-electron chi connectivity index (χ2n) is 6.68. The molecule has 2 rings (SSSR count). The van der Waals surface area contributed by atoms with Crippen molar-refractivity contribution in [3.63, 3.8) is 0 Å². The molecule has 0 saturated carbocycles. The van der Waals surface area contributed by atoms with E-state index < -0.39 is 10.0 Å². The number of hydrogen-bond acceptors (Lipinski definition) is 3. The van der Waals surface area contributed by atoms with E-state index in [9.17, 15) is 13.2 Å². The number of hydrogen-bond donors (Lipinski definition) is 1. The van der Waals surface area contributed by atoms with Crippen LogP contribution in [0.25, 0.3) is 0 Å². The molecular weight excluding hydrogens is 372 g/mol. The number of nitrogens with one attached hydrogen (secondary N) is 1. The normalized spacial score (nSPS) is 15.0. The molecule has 0 saturated heterocycles. The summed E-state index contributed by atoms with van der Waals surface area (Å²) in [5.41, 5.74) is 2.37. The van der Waals surface area contributed by atoms with Crippen molar-refractivity contribution in [2.45, 2.75) is 38.5 Å². The number of nitrogens with zero attached hydrogens (tertiary/aromatic N) is 1. The maximum Gasteiger partial charge on any atom is 0.235 e. The molecular formula is C19H27ClN2O3S. The van der Waals surface area contributed by atoms with Gasteiger partial charge in [-0.05, 0) is 56.2 Å². The predicted molar refractivity (Wildman–Crippen MR) is 106 cm³/mol. The molecule has 0 aliphatic heterocycles. The van der Waals surface area contributed by atoms with Crippen LogP contribution in [0.4, 0.5) is 0 Å². The van der Waals surface area contributed by atoms with Gasteiger partial charge < -0.3 is 5.32 Å². The zero-order valence-corrected chi connectivity index (χ0v) is 16.8. The van der Waals surface area contributed by atoms with Crippen LogP contribution in [0, 0.1) is 0 Å². The summed E-state index contributed by atoms with van der Waals surface area (Å²) in [4.78, 5) is 12.1. The maximum atomic E-state index is 12.1. The summed E-state index contributed by atoms with van der Waals surface area (Å²) in [5.74, 6) is -0.276. The number of halogens is 1. The van der Waals surface area contributed by atoms with Crippen LogP contribution in [0.5, 0.6) is 0 Å². The summed E-state index contributed by atoms with van der Waals surface area (Å²) >= 11 is 5.85. The van der Waals surface area contributed by atoms with Gasteiger partial charge in [-0.25, -0.2) is 8.42 Å². The van der Waals surface area contributed by atoms with Crippen LogP contribution >= 0.6 is 11.6 Å². The Morgan fingerprint density at radius 3 is 2.54 bits per heavy atom. The molecule has 0 atom stereocenters. The average molecular weight is 399 g/mol. The van der Waals surface area contributed by atoms with E-state index in [4.69, 9.17) is 11.6 Å². The van der Waals surface area contributed by atoms with E-state index in [2.05, 4.69) is 11.4 Å². The van der Waals surface area contributed by atoms with Crippen molar-refractivity contribution in [2.24, 2.45) is 0 Å². The lowest BCUT2D eigenvalue weighted by atomic mass is 9.97. The summed E-state index contributed by atoms with van der Waals surface area (Å²) in [7, 11) is -3.41. The number of benzene rings is 1. The molecule has 0 radical (unpaired) electrons. The summed E-state index contributed by atoms with van der Waals surface area (Å²) in [6.07, 6.45) is 9.20. The van der Waals surface area contributed by atoms with Gasteiger partial charge >= 0.3 is 0 Å². The van der Waals surface area contributed by atoms with Gasteiger partial charge in [0, 0.05) is 18.1 Å². The molecule has 0 heterocycles. The first-order valence-electron chi connectivity index (χ1n) is 8.99. The van der Waals surface area contributed by atoms with Gasteiger partial charge in [0.25, 0.3) is 0 Å². The molecule has 0 aromatic heterocycles. The molecule has 0 fully saturated rings. The minimum atomic E-state index is -3.41. The van der Waals surface area contributed by atoms with Crippen molar-refractivity contribution < 1.29 is 13.2 Å². The fourth-order valence-electron chi connectivity index (χ4n) is 2.98. The molecule has 1 amide bonds. The number of amides is 1. The molecule has 0 spiro atoms. The Kier molecular flexibility index (Phi) is 8.13. The van der Waals surface area contributed by atoms with E-state index in [1.54, 1.807) is 0 Å². The second kappa shape index (κ2) is 10.1. The topological polar surface area (TPSA) is 66.5 Å². The second-order valence-corrected chi connectivity index (χ2v) is 9.10. The summed E-state index contributed by atoms with van der Waals surface area (Å²) in [6, 6.07) is 7.44. The Hall–Kier alpha value is -1.37. The average Bonchev–Trinajstić information content (AvgIpc) is 2.60. The lowest BCUT2D eigenvalue weighted by Gasteiger charge is -2.21. The number of carbonyl (C=O) groups is 1. The summed E-state index contributed by atoms with van der Waals surface area (Å²) < 4.78 is 25.2. The lowest BCUT2D eigenvalue weighted by Crippen LogP contribution is -2.41. The summed E-state index contributed by atoms with van der Waals surface area (Å²) in [6.45, 7) is 0.686. The van der Waals surface area contributed by atoms with Crippen LogP contribution < -0.4 is 5.32 Å². The van der Waals surface area contributed by atoms with Crippen molar-refractivity contribution in [2.75, 3.05) is 25.9 Å². The smallest absolute Gasteiger partial charge is 0.235 e. The van der Waals surface area contributed by atoms with Crippen LogP contribution in [0.2, 0.25) is 5.02 Å². The predicted octanol–water partition coefficient (Wildman–Crippen LogP) is 3.15. The van der Waals surface area contributed by atoms with Crippen LogP contribution in [0.1, 0.15) is 37.7 Å². The molecule has 1 aliphatic rings. The zero-order chi connectivity index (χ0) is 19.0. The lowest BCUT2D eigenvalue weighted by molar-refractivity contribution is -0.121. The number of sulfonamides is 1. The molecule has 1 N–H and O–H groups in total. The Morgan fingerprint density at radius 2 is 1.92 bits per heavy atom. The Morgan fingerprint density at radius 1 is 1.19 bits per heavy atom. The molecule has 144 valence electrons. The third-order valence-electron chi connectivity index (χ3n) is 4.51. The number of allylic oxidation sites excluding steroid dienone is 1. The minimum absolute atomic E-state index is 0.132. The number of carbonyl (C=O) groups excluding carboxylic acids is 1. The Balaban J connectivity index is 1.79. The van der Waals surface area contributed by atoms with Gasteiger partial charge in [-0.15, -0.1) is 0 Å². The standard InChI is InChI=1S/C19H27ClN2O3S/c1-26(24,25)22(14-12-16-5-3-2-4-6-16)15-19(23)21-13-11-17-7-9-18(20)10-8-17/h5,7-10H,2-4,6,11-15H2,1H3,(H,21,23). The molecule has 1 aliphatic carbocycles. The minimum Gasteiger partial charge on any atom is -0.355 e. The maximum absolute atomic E-state index is 12.1. The Bertz CT molecular complexity index is 730. The van der Waals surface area contributed by atoms with Crippen molar-refractivity contribution in [1.82, 2.24) is 9.62 Å². The monoisotopic (exact) mass is 398 g/mol. The first kappa shape index (κ1) is 20.9. The van der Waals surface area contributed by atoms with E-state index in [0.29, 0.717) is 31.0 Å². The van der Waals surface area contributed by atoms with Crippen molar-refractivity contribution in [1.29, 1.82) is 0 Å². The van der Waals surface area contributed by atoms with E-state index in [-0.39, 0.29) is 12.5 Å². The van der Waals surface area contributed by atoms with Gasteiger partial charge in [0.05, 0.1) is 12.8 Å². The number of rotatable bonds is 9. The van der Waals surface area contributed by atoms with E-state index in [0.717, 1.165) is 31.1 Å². The first-order chi connectivity index (χ1) is 12.3. The fraction of sp³-hybridized carbons (Fsp3) is 0.526. The highest BCUT2D eigenvalue weighted by molar-refractivity contribution is 7.88. The molecule has 1 aromatic rings. The van der Waals surface area contributed by atoms with Gasteiger partial charge in [0.1, 0.15) is 0 Å². The summed E-state index contributed by atoms with van der Waals surface area (Å²) in [5, 5.41) is 3.47. The molecule has 0 unspecified atom stereocenters. The Labute approximate surface area is 161 Å². The molecule has 1 aromatic carbocycles. The van der Waals surface area contributed by atoms with Gasteiger partial charge in [-0.1, -0.05) is 35.4 Å². The molecule has 5 nitrogen and oxygen atoms in total. The van der Waals surface area contributed by atoms with Crippen LogP contribution in [-0.4, -0.2) is 44.5 Å². The first-order valence-corrected chi connectivity index (χ1v) is 11.2. The van der Waals surface area contributed by atoms with E-state index in [1.165, 1.54) is 16.3 Å². The van der Waals surface area contributed by atoms with Crippen molar-refractivity contribution in [3.8, 4) is 0 Å². The van der Waals surface area contributed by atoms with Crippen LogP contribution in [-0.2, 0) is 21.2 Å². The van der Waals surface area contributed by atoms with Gasteiger partial charge in [-0.2, -0.15) is 4.31 Å². The molecule has 0 bridgehead atoms. The van der Waals surface area contributed by atoms with Crippen molar-refractivity contribution in [3.05, 3.63) is 46.5 Å². The van der Waals surface area contributed by atoms with Crippen LogP contribution in [0.15, 0.2) is 35.9 Å². The fourth-order valence-corrected chi connectivity index (χ4v) is 3.88. The quantitative estimate of drug-likeness (QED) is 0.650. The SMILES string of the molecule is CS(=O)(=O)N(CCC1=CCCCC1)CC(=O)NCCc1ccc(Cl)cc1. The third kappa shape index (κ3) is 7.48. The highest BCUT2D eigenvalue weighted by Crippen LogP contribution is 2.20. The third-order valence-corrected chi connectivity index (χ3v) is 6.01. The molecule has 26 heavy (non-hydrogen) atoms.